The van der Waals surface area contributed by atoms with Crippen molar-refractivity contribution in [2.45, 2.75) is 0 Å². The summed E-state index contributed by atoms with van der Waals surface area (Å²) in [7, 11) is 5.50. The molecule has 0 aliphatic carbocycles. The van der Waals surface area contributed by atoms with Crippen molar-refractivity contribution in [3.05, 3.63) is 60.3 Å². The Hall–Kier alpha value is -3.28. The lowest BCUT2D eigenvalue weighted by Crippen LogP contribution is -2.42. The van der Waals surface area contributed by atoms with Gasteiger partial charge in [-0.05, 0) is 24.3 Å². The molecule has 0 fully saturated rings. The van der Waals surface area contributed by atoms with Gasteiger partial charge in [-0.25, -0.2) is 0 Å². The average Bonchev–Trinajstić information content (AvgIpc) is 3.09. The normalized spacial score (nSPS) is 13.4. The molecule has 4 rings (SSSR count). The zero-order chi connectivity index (χ0) is 19.0. The molecule has 2 heterocycles. The molecule has 1 aliphatic heterocycles. The van der Waals surface area contributed by atoms with Crippen LogP contribution in [0, 0.1) is 0 Å². The molecule has 0 atom stereocenters. The van der Waals surface area contributed by atoms with E-state index in [9.17, 15) is 4.79 Å². The summed E-state index contributed by atoms with van der Waals surface area (Å²) in [5.74, 6) is 0.647. The summed E-state index contributed by atoms with van der Waals surface area (Å²) in [5, 5.41) is 4.56. The molecule has 3 aromatic rings. The van der Waals surface area contributed by atoms with Crippen LogP contribution in [0.2, 0.25) is 0 Å². The zero-order valence-corrected chi connectivity index (χ0v) is 15.7. The number of ether oxygens (including phenoxy) is 1. The maximum Gasteiger partial charge on any atom is 0.262 e. The number of para-hydroxylation sites is 3. The summed E-state index contributed by atoms with van der Waals surface area (Å²) in [5.41, 5.74) is 4.00. The topological polar surface area (TPSA) is 50.6 Å². The summed E-state index contributed by atoms with van der Waals surface area (Å²) in [4.78, 5) is 17.5. The molecule has 27 heavy (non-hydrogen) atoms. The van der Waals surface area contributed by atoms with E-state index < -0.39 is 0 Å². The highest BCUT2D eigenvalue weighted by atomic mass is 16.5. The highest BCUT2D eigenvalue weighted by Gasteiger charge is 2.29. The van der Waals surface area contributed by atoms with Gasteiger partial charge in [0.2, 0.25) is 0 Å². The fraction of sp³-hybridized carbons (Fsp3) is 0.238. The second-order valence-corrected chi connectivity index (χ2v) is 6.63. The zero-order valence-electron chi connectivity index (χ0n) is 15.7. The molecule has 0 N–H and O–H groups in total. The molecule has 6 nitrogen and oxygen atoms in total. The number of aryl methyl sites for hydroxylation is 1. The van der Waals surface area contributed by atoms with Crippen LogP contribution < -0.4 is 14.5 Å². The highest BCUT2D eigenvalue weighted by molar-refractivity contribution is 6.11. The number of anilines is 2. The lowest BCUT2D eigenvalue weighted by Gasteiger charge is -2.35. The number of methoxy groups -OCH3 is 1. The van der Waals surface area contributed by atoms with Gasteiger partial charge in [-0.3, -0.25) is 9.48 Å². The van der Waals surface area contributed by atoms with Crippen LogP contribution in [0.15, 0.2) is 54.7 Å². The number of amides is 1. The van der Waals surface area contributed by atoms with Crippen LogP contribution in [0.3, 0.4) is 0 Å². The van der Waals surface area contributed by atoms with Crippen molar-refractivity contribution >= 4 is 17.3 Å². The predicted octanol–water partition coefficient (Wildman–Crippen LogP) is 3.19. The minimum absolute atomic E-state index is 0.0513. The Morgan fingerprint density at radius 1 is 1.00 bits per heavy atom. The number of rotatable bonds is 3. The van der Waals surface area contributed by atoms with Gasteiger partial charge in [0.1, 0.15) is 11.4 Å². The molecule has 0 bridgehead atoms. The molecule has 0 spiro atoms. The third kappa shape index (κ3) is 2.93. The molecule has 1 aromatic heterocycles. The molecular weight excluding hydrogens is 340 g/mol. The third-order valence-electron chi connectivity index (χ3n) is 4.91. The third-order valence-corrected chi connectivity index (χ3v) is 4.91. The maximum absolute atomic E-state index is 13.5. The van der Waals surface area contributed by atoms with Crippen LogP contribution in [0.4, 0.5) is 11.4 Å². The van der Waals surface area contributed by atoms with Crippen LogP contribution in [0.5, 0.6) is 5.75 Å². The van der Waals surface area contributed by atoms with E-state index in [1.165, 1.54) is 0 Å². The molecule has 2 aromatic carbocycles. The number of nitrogens with zero attached hydrogens (tertiary/aromatic N) is 4. The van der Waals surface area contributed by atoms with Gasteiger partial charge in [-0.2, -0.15) is 5.10 Å². The number of likely N-dealkylation sites (N-methyl/N-ethyl adjacent to an activating group) is 1. The van der Waals surface area contributed by atoms with Crippen molar-refractivity contribution < 1.29 is 9.53 Å². The molecule has 0 saturated heterocycles. The first kappa shape index (κ1) is 17.1. The van der Waals surface area contributed by atoms with Crippen molar-refractivity contribution in [3.63, 3.8) is 0 Å². The molecule has 138 valence electrons. The molecule has 6 heteroatoms. The highest BCUT2D eigenvalue weighted by Crippen LogP contribution is 2.35. The smallest absolute Gasteiger partial charge is 0.262 e. The number of fused-ring (bicyclic) bond motifs is 1. The number of hydrogen-bond acceptors (Lipinski definition) is 4. The Bertz CT molecular complexity index is 995. The SMILES string of the molecule is COc1ccccc1-c1nn(C)cc1C(=O)N1CCN(C)c2ccccc21. The van der Waals surface area contributed by atoms with Gasteiger partial charge in [0.15, 0.2) is 0 Å². The van der Waals surface area contributed by atoms with Gasteiger partial charge in [-0.1, -0.05) is 24.3 Å². The van der Waals surface area contributed by atoms with Gasteiger partial charge in [0.05, 0.1) is 24.0 Å². The summed E-state index contributed by atoms with van der Waals surface area (Å²) in [6.45, 7) is 1.42. The maximum atomic E-state index is 13.5. The Labute approximate surface area is 158 Å². The first-order valence-electron chi connectivity index (χ1n) is 8.89. The Morgan fingerprint density at radius 3 is 2.48 bits per heavy atom. The van der Waals surface area contributed by atoms with Gasteiger partial charge in [0, 0.05) is 38.9 Å². The van der Waals surface area contributed by atoms with Crippen LogP contribution in [0.1, 0.15) is 10.4 Å². The Morgan fingerprint density at radius 2 is 1.70 bits per heavy atom. The van der Waals surface area contributed by atoms with Gasteiger partial charge >= 0.3 is 0 Å². The standard InChI is InChI=1S/C21H22N4O2/c1-23-12-13-25(18-10-6-5-9-17(18)23)21(26)16-14-24(2)22-20(16)15-8-4-7-11-19(15)27-3/h4-11,14H,12-13H2,1-3H3. The van der Waals surface area contributed by atoms with Crippen molar-refractivity contribution in [2.75, 3.05) is 37.0 Å². The van der Waals surface area contributed by atoms with E-state index >= 15 is 0 Å². The molecule has 0 unspecified atom stereocenters. The average molecular weight is 362 g/mol. The fourth-order valence-corrected chi connectivity index (χ4v) is 3.55. The first-order chi connectivity index (χ1) is 13.1. The van der Waals surface area contributed by atoms with Crippen LogP contribution in [-0.4, -0.2) is 42.9 Å². The van der Waals surface area contributed by atoms with E-state index in [1.807, 2.05) is 67.5 Å². The number of carbonyl (C=O) groups excluding carboxylic acids is 1. The minimum Gasteiger partial charge on any atom is -0.496 e. The number of hydrogen-bond donors (Lipinski definition) is 0. The van der Waals surface area contributed by atoms with Gasteiger partial charge in [0.25, 0.3) is 5.91 Å². The van der Waals surface area contributed by atoms with Crippen molar-refractivity contribution in [1.82, 2.24) is 9.78 Å². The van der Waals surface area contributed by atoms with Crippen LogP contribution in [0.25, 0.3) is 11.3 Å². The quantitative estimate of drug-likeness (QED) is 0.718. The lowest BCUT2D eigenvalue weighted by atomic mass is 10.0. The van der Waals surface area contributed by atoms with Crippen molar-refractivity contribution in [1.29, 1.82) is 0 Å². The van der Waals surface area contributed by atoms with E-state index in [-0.39, 0.29) is 5.91 Å². The van der Waals surface area contributed by atoms with E-state index in [4.69, 9.17) is 4.74 Å². The van der Waals surface area contributed by atoms with Crippen molar-refractivity contribution in [2.24, 2.45) is 7.05 Å². The van der Waals surface area contributed by atoms with Gasteiger partial charge < -0.3 is 14.5 Å². The molecule has 1 amide bonds. The summed E-state index contributed by atoms with van der Waals surface area (Å²) in [6.07, 6.45) is 1.78. The first-order valence-corrected chi connectivity index (χ1v) is 8.89. The summed E-state index contributed by atoms with van der Waals surface area (Å²) >= 11 is 0. The number of aromatic nitrogens is 2. The predicted molar refractivity (Wildman–Crippen MR) is 107 cm³/mol. The van der Waals surface area contributed by atoms with E-state index in [1.54, 1.807) is 18.0 Å². The molecule has 1 aliphatic rings. The largest absolute Gasteiger partial charge is 0.496 e. The fourth-order valence-electron chi connectivity index (χ4n) is 3.55. The monoisotopic (exact) mass is 362 g/mol. The second-order valence-electron chi connectivity index (χ2n) is 6.63. The van der Waals surface area contributed by atoms with E-state index in [0.29, 0.717) is 23.6 Å². The minimum atomic E-state index is -0.0513. The molecule has 0 radical (unpaired) electrons. The van der Waals surface area contributed by atoms with Gasteiger partial charge in [-0.15, -0.1) is 0 Å². The second kappa shape index (κ2) is 6.79. The van der Waals surface area contributed by atoms with E-state index in [2.05, 4.69) is 10.00 Å². The summed E-state index contributed by atoms with van der Waals surface area (Å²) in [6, 6.07) is 15.6. The Kier molecular flexibility index (Phi) is 4.32. The lowest BCUT2D eigenvalue weighted by molar-refractivity contribution is 0.0987. The van der Waals surface area contributed by atoms with Crippen LogP contribution >= 0.6 is 0 Å². The number of carbonyl (C=O) groups is 1. The Balaban J connectivity index is 1.80. The number of benzene rings is 2. The molecule has 0 saturated carbocycles. The summed E-state index contributed by atoms with van der Waals surface area (Å²) < 4.78 is 7.16. The molecular formula is C21H22N4O2. The van der Waals surface area contributed by atoms with Crippen LogP contribution in [-0.2, 0) is 7.05 Å². The van der Waals surface area contributed by atoms with E-state index in [0.717, 1.165) is 23.5 Å². The van der Waals surface area contributed by atoms with Crippen molar-refractivity contribution in [3.8, 4) is 17.0 Å².